The van der Waals surface area contributed by atoms with Gasteiger partial charge in [-0.15, -0.1) is 0 Å². The number of pyridine rings is 1. The fourth-order valence-electron chi connectivity index (χ4n) is 3.88. The average molecular weight is 531 g/mol. The second kappa shape index (κ2) is 9.39. The summed E-state index contributed by atoms with van der Waals surface area (Å²) in [5.41, 5.74) is 5.76. The number of aromatic nitrogens is 1. The van der Waals surface area contributed by atoms with E-state index in [1.165, 1.54) is 44.7 Å². The molecule has 0 bridgehead atoms. The molecule has 0 saturated heterocycles. The van der Waals surface area contributed by atoms with Crippen LogP contribution in [0.1, 0.15) is 32.0 Å². The summed E-state index contributed by atoms with van der Waals surface area (Å²) in [6.45, 7) is 9.83. The molecule has 1 amide bonds. The molecule has 3 aromatic rings. The number of amides is 1. The van der Waals surface area contributed by atoms with Crippen LogP contribution in [0.25, 0.3) is 17.0 Å². The second-order valence-corrected chi connectivity index (χ2v) is 8.32. The molecular formula is C24H26IN3OS. The molecule has 0 aliphatic carbocycles. The lowest BCUT2D eigenvalue weighted by atomic mass is 10.1. The number of rotatable bonds is 4. The smallest absolute Gasteiger partial charge is 0.221 e. The number of hydrogen-bond donors (Lipinski definition) is 1. The highest BCUT2D eigenvalue weighted by Crippen LogP contribution is 2.47. The molecule has 4 rings (SSSR count). The van der Waals surface area contributed by atoms with E-state index in [1.54, 1.807) is 11.8 Å². The molecule has 0 spiro atoms. The largest absolute Gasteiger partial charge is 1.00 e. The maximum absolute atomic E-state index is 11.4. The van der Waals surface area contributed by atoms with Gasteiger partial charge in [-0.05, 0) is 51.1 Å². The normalized spacial score (nSPS) is 14.0. The minimum atomic E-state index is -0.0496. The number of nitrogens with zero attached hydrogens (tertiary/aromatic N) is 2. The number of carbonyl (C=O) groups excluding carboxylic acids is 1. The van der Waals surface area contributed by atoms with E-state index in [0.717, 1.165) is 18.8 Å². The molecule has 1 aliphatic rings. The number of anilines is 2. The zero-order valence-electron chi connectivity index (χ0n) is 17.7. The fourth-order valence-corrected chi connectivity index (χ4v) is 5.09. The van der Waals surface area contributed by atoms with Gasteiger partial charge >= 0.3 is 0 Å². The Labute approximate surface area is 199 Å². The zero-order chi connectivity index (χ0) is 20.5. The molecule has 2 aromatic carbocycles. The van der Waals surface area contributed by atoms with Gasteiger partial charge in [-0.2, -0.15) is 4.57 Å². The van der Waals surface area contributed by atoms with E-state index in [0.29, 0.717) is 0 Å². The van der Waals surface area contributed by atoms with Gasteiger partial charge in [0.1, 0.15) is 6.54 Å². The van der Waals surface area contributed by atoms with Crippen molar-refractivity contribution in [1.29, 1.82) is 0 Å². The summed E-state index contributed by atoms with van der Waals surface area (Å²) in [5.74, 6) is -0.0496. The van der Waals surface area contributed by atoms with Crippen molar-refractivity contribution in [1.82, 2.24) is 0 Å². The quantitative estimate of drug-likeness (QED) is 0.415. The molecule has 0 fully saturated rings. The van der Waals surface area contributed by atoms with Gasteiger partial charge in [-0.3, -0.25) is 4.79 Å². The third kappa shape index (κ3) is 4.34. The minimum Gasteiger partial charge on any atom is -1.00 e. The lowest BCUT2D eigenvalue weighted by Crippen LogP contribution is -3.00. The number of aryl methyl sites for hydroxylation is 2. The summed E-state index contributed by atoms with van der Waals surface area (Å²) >= 11 is 1.75. The summed E-state index contributed by atoms with van der Waals surface area (Å²) in [5, 5.41) is 5.35. The van der Waals surface area contributed by atoms with E-state index in [1.807, 2.05) is 6.07 Å². The maximum Gasteiger partial charge on any atom is 0.221 e. The predicted molar refractivity (Wildman–Crippen MR) is 122 cm³/mol. The van der Waals surface area contributed by atoms with Gasteiger partial charge in [-0.1, -0.05) is 23.4 Å². The van der Waals surface area contributed by atoms with Crippen molar-refractivity contribution >= 4 is 46.0 Å². The molecule has 6 heteroatoms. The van der Waals surface area contributed by atoms with Crippen LogP contribution in [0.4, 0.5) is 11.4 Å². The second-order valence-electron chi connectivity index (χ2n) is 7.26. The van der Waals surface area contributed by atoms with Crippen LogP contribution in [0.15, 0.2) is 58.5 Å². The van der Waals surface area contributed by atoms with E-state index in [-0.39, 0.29) is 29.9 Å². The highest BCUT2D eigenvalue weighted by Gasteiger charge is 2.26. The number of hydrogen-bond acceptors (Lipinski definition) is 3. The summed E-state index contributed by atoms with van der Waals surface area (Å²) in [4.78, 5) is 14.9. The molecular weight excluding hydrogens is 505 g/mol. The van der Waals surface area contributed by atoms with Crippen molar-refractivity contribution in [2.45, 2.75) is 39.1 Å². The van der Waals surface area contributed by atoms with Crippen LogP contribution >= 0.6 is 11.8 Å². The highest BCUT2D eigenvalue weighted by molar-refractivity contribution is 8.03. The molecule has 4 nitrogen and oxygen atoms in total. The Morgan fingerprint density at radius 1 is 1.13 bits per heavy atom. The average Bonchev–Trinajstić information content (AvgIpc) is 3.03. The van der Waals surface area contributed by atoms with Crippen LogP contribution in [-0.4, -0.2) is 12.5 Å². The maximum atomic E-state index is 11.4. The summed E-state index contributed by atoms with van der Waals surface area (Å²) in [6, 6.07) is 17.2. The summed E-state index contributed by atoms with van der Waals surface area (Å²) in [7, 11) is 0. The van der Waals surface area contributed by atoms with Crippen molar-refractivity contribution < 1.29 is 33.3 Å². The van der Waals surface area contributed by atoms with Crippen molar-refractivity contribution in [3.63, 3.8) is 0 Å². The molecule has 1 N–H and O–H groups in total. The Bertz CT molecular complexity index is 1140. The van der Waals surface area contributed by atoms with Crippen molar-refractivity contribution in [2.75, 3.05) is 16.8 Å². The molecule has 1 aromatic heterocycles. The monoisotopic (exact) mass is 531 g/mol. The highest BCUT2D eigenvalue weighted by atomic mass is 127. The number of nitrogens with one attached hydrogen (secondary N) is 1. The Morgan fingerprint density at radius 2 is 1.93 bits per heavy atom. The van der Waals surface area contributed by atoms with Crippen LogP contribution in [0.2, 0.25) is 0 Å². The molecule has 0 unspecified atom stereocenters. The predicted octanol–water partition coefficient (Wildman–Crippen LogP) is 2.35. The van der Waals surface area contributed by atoms with Crippen LogP contribution in [0.3, 0.4) is 0 Å². The van der Waals surface area contributed by atoms with E-state index >= 15 is 0 Å². The van der Waals surface area contributed by atoms with Gasteiger partial charge in [-0.25, -0.2) is 0 Å². The molecule has 0 saturated carbocycles. The van der Waals surface area contributed by atoms with Gasteiger partial charge < -0.3 is 34.2 Å². The molecule has 1 aliphatic heterocycles. The van der Waals surface area contributed by atoms with Gasteiger partial charge in [0.15, 0.2) is 0 Å². The van der Waals surface area contributed by atoms with Gasteiger partial charge in [0, 0.05) is 47.6 Å². The number of fused-ring (bicyclic) bond motifs is 2. The number of halogens is 1. The first kappa shape index (κ1) is 22.6. The van der Waals surface area contributed by atoms with Crippen LogP contribution in [0.5, 0.6) is 0 Å². The molecule has 0 atom stereocenters. The van der Waals surface area contributed by atoms with Gasteiger partial charge in [0.25, 0.3) is 0 Å². The Hall–Kier alpha value is -2.06. The lowest BCUT2D eigenvalue weighted by Gasteiger charge is -2.18. The molecule has 156 valence electrons. The van der Waals surface area contributed by atoms with Crippen LogP contribution < -0.4 is 38.8 Å². The van der Waals surface area contributed by atoms with Gasteiger partial charge in [0.2, 0.25) is 17.1 Å². The SMILES string of the molecule is CCN1/C(=C/c2ccc3cc(C)ccc3[n+]2CC)Sc2cc(NC(C)=O)ccc21.[I-]. The topological polar surface area (TPSA) is 36.2 Å². The third-order valence-electron chi connectivity index (χ3n) is 5.17. The van der Waals surface area contributed by atoms with Crippen LogP contribution in [-0.2, 0) is 11.3 Å². The molecule has 0 radical (unpaired) electrons. The minimum absolute atomic E-state index is 0. The van der Waals surface area contributed by atoms with Crippen molar-refractivity contribution in [3.05, 3.63) is 64.8 Å². The number of benzene rings is 2. The van der Waals surface area contributed by atoms with Crippen molar-refractivity contribution in [2.24, 2.45) is 0 Å². The zero-order valence-corrected chi connectivity index (χ0v) is 20.7. The fraction of sp³-hybridized carbons (Fsp3) is 0.250. The summed E-state index contributed by atoms with van der Waals surface area (Å²) in [6.07, 6.45) is 2.27. The van der Waals surface area contributed by atoms with Crippen LogP contribution in [0, 0.1) is 6.92 Å². The standard InChI is InChI=1S/C24H25N3OS.HI/c1-5-26-20(10-8-18-13-16(3)7-11-21(18)26)15-24-27(6-2)22-12-9-19(25-17(4)28)14-23(22)29-24;/h7-15H,5-6H2,1-4H3;1H. The first-order valence-corrected chi connectivity index (χ1v) is 10.8. The first-order chi connectivity index (χ1) is 14.0. The Balaban J connectivity index is 0.00000256. The molecule has 30 heavy (non-hydrogen) atoms. The Kier molecular flexibility index (Phi) is 7.08. The molecule has 2 heterocycles. The van der Waals surface area contributed by atoms with Crippen molar-refractivity contribution in [3.8, 4) is 0 Å². The third-order valence-corrected chi connectivity index (χ3v) is 6.27. The van der Waals surface area contributed by atoms with E-state index < -0.39 is 0 Å². The van der Waals surface area contributed by atoms with Gasteiger partial charge in [0.05, 0.1) is 10.7 Å². The van der Waals surface area contributed by atoms with E-state index in [2.05, 4.69) is 84.1 Å². The number of thioether (sulfide) groups is 1. The lowest BCUT2D eigenvalue weighted by molar-refractivity contribution is -0.669. The first-order valence-electron chi connectivity index (χ1n) is 10.0. The summed E-state index contributed by atoms with van der Waals surface area (Å²) < 4.78 is 2.36. The van der Waals surface area contributed by atoms with E-state index in [4.69, 9.17) is 0 Å². The Morgan fingerprint density at radius 3 is 2.63 bits per heavy atom. The van der Waals surface area contributed by atoms with E-state index in [9.17, 15) is 4.79 Å². The number of carbonyl (C=O) groups is 1.